The second kappa shape index (κ2) is 10.9. The van der Waals surface area contributed by atoms with Gasteiger partial charge in [-0.3, -0.25) is 4.79 Å². The van der Waals surface area contributed by atoms with Gasteiger partial charge in [0.15, 0.2) is 0 Å². The summed E-state index contributed by atoms with van der Waals surface area (Å²) in [6.07, 6.45) is 8.42. The molecule has 1 saturated carbocycles. The van der Waals surface area contributed by atoms with E-state index < -0.39 is 0 Å². The molecule has 29 heavy (non-hydrogen) atoms. The molecular formula is C25H33NO3. The monoisotopic (exact) mass is 395 g/mol. The van der Waals surface area contributed by atoms with Crippen molar-refractivity contribution < 1.29 is 14.3 Å². The van der Waals surface area contributed by atoms with Crippen molar-refractivity contribution in [1.29, 1.82) is 0 Å². The van der Waals surface area contributed by atoms with Gasteiger partial charge in [-0.1, -0.05) is 50.3 Å². The Balaban J connectivity index is 1.71. The predicted molar refractivity (Wildman–Crippen MR) is 117 cm³/mol. The van der Waals surface area contributed by atoms with Crippen LogP contribution in [0.15, 0.2) is 42.5 Å². The summed E-state index contributed by atoms with van der Waals surface area (Å²) in [5, 5.41) is 3.24. The van der Waals surface area contributed by atoms with Gasteiger partial charge < -0.3 is 14.8 Å². The van der Waals surface area contributed by atoms with Crippen molar-refractivity contribution in [3.63, 3.8) is 0 Å². The van der Waals surface area contributed by atoms with E-state index in [0.717, 1.165) is 35.5 Å². The number of amides is 1. The molecule has 0 aliphatic heterocycles. The van der Waals surface area contributed by atoms with Gasteiger partial charge in [-0.25, -0.2) is 0 Å². The molecule has 0 unspecified atom stereocenters. The van der Waals surface area contributed by atoms with Gasteiger partial charge in [-0.2, -0.15) is 0 Å². The smallest absolute Gasteiger partial charge is 0.251 e. The van der Waals surface area contributed by atoms with Crippen LogP contribution in [-0.4, -0.2) is 18.6 Å². The molecule has 0 spiro atoms. The van der Waals surface area contributed by atoms with Crippen LogP contribution in [0.25, 0.3) is 0 Å². The number of rotatable bonds is 7. The molecule has 0 saturated heterocycles. The Bertz CT molecular complexity index is 794. The fourth-order valence-electron chi connectivity index (χ4n) is 3.87. The molecule has 0 heterocycles. The third-order valence-corrected chi connectivity index (χ3v) is 5.54. The van der Waals surface area contributed by atoms with Gasteiger partial charge in [0.1, 0.15) is 18.1 Å². The quantitative estimate of drug-likeness (QED) is 0.643. The number of para-hydroxylation sites is 1. The highest BCUT2D eigenvalue weighted by atomic mass is 16.5. The van der Waals surface area contributed by atoms with E-state index in [0.29, 0.717) is 18.8 Å². The Morgan fingerprint density at radius 2 is 1.69 bits per heavy atom. The normalized spacial score (nSPS) is 15.2. The first-order chi connectivity index (χ1) is 14.2. The molecule has 0 aromatic heterocycles. The lowest BCUT2D eigenvalue weighted by atomic mass is 9.96. The van der Waals surface area contributed by atoms with Crippen molar-refractivity contribution in [2.75, 3.05) is 6.61 Å². The fraction of sp³-hybridized carbons (Fsp3) is 0.480. The van der Waals surface area contributed by atoms with E-state index in [1.54, 1.807) is 0 Å². The van der Waals surface area contributed by atoms with E-state index in [-0.39, 0.29) is 11.9 Å². The summed E-state index contributed by atoms with van der Waals surface area (Å²) >= 11 is 0. The van der Waals surface area contributed by atoms with E-state index in [1.807, 2.05) is 56.3 Å². The lowest BCUT2D eigenvalue weighted by Gasteiger charge is -2.21. The number of nitrogens with one attached hydrogen (secondary N) is 1. The lowest BCUT2D eigenvalue weighted by Crippen LogP contribution is -2.35. The second-order valence-corrected chi connectivity index (χ2v) is 7.83. The highest BCUT2D eigenvalue weighted by Crippen LogP contribution is 2.25. The number of aryl methyl sites for hydroxylation is 1. The summed E-state index contributed by atoms with van der Waals surface area (Å²) in [5.41, 5.74) is 2.64. The Kier molecular flexibility index (Phi) is 7.97. The molecule has 1 N–H and O–H groups in total. The average molecular weight is 396 g/mol. The minimum atomic E-state index is -0.00392. The van der Waals surface area contributed by atoms with Gasteiger partial charge in [0.05, 0.1) is 6.61 Å². The largest absolute Gasteiger partial charge is 0.493 e. The number of carbonyl (C=O) groups is 1. The average Bonchev–Trinajstić information content (AvgIpc) is 2.70. The molecule has 1 aliphatic rings. The Morgan fingerprint density at radius 1 is 0.966 bits per heavy atom. The molecule has 1 aliphatic carbocycles. The van der Waals surface area contributed by atoms with Crippen LogP contribution in [0.1, 0.15) is 73.4 Å². The van der Waals surface area contributed by atoms with Crippen LogP contribution < -0.4 is 14.8 Å². The fourth-order valence-corrected chi connectivity index (χ4v) is 3.87. The zero-order chi connectivity index (χ0) is 20.5. The van der Waals surface area contributed by atoms with Crippen molar-refractivity contribution in [3.8, 4) is 11.5 Å². The molecule has 156 valence electrons. The maximum absolute atomic E-state index is 12.9. The highest BCUT2D eigenvalue weighted by Gasteiger charge is 2.17. The van der Waals surface area contributed by atoms with E-state index >= 15 is 0 Å². The van der Waals surface area contributed by atoms with Gasteiger partial charge in [0.25, 0.3) is 5.91 Å². The number of carbonyl (C=O) groups excluding carboxylic acids is 1. The van der Waals surface area contributed by atoms with Crippen molar-refractivity contribution in [2.45, 2.75) is 71.4 Å². The van der Waals surface area contributed by atoms with Crippen LogP contribution in [0.2, 0.25) is 0 Å². The minimum Gasteiger partial charge on any atom is -0.493 e. The molecule has 1 fully saturated rings. The van der Waals surface area contributed by atoms with E-state index in [2.05, 4.69) is 5.32 Å². The molecule has 0 atom stereocenters. The first-order valence-corrected chi connectivity index (χ1v) is 10.9. The van der Waals surface area contributed by atoms with Crippen LogP contribution in [0.3, 0.4) is 0 Å². The maximum Gasteiger partial charge on any atom is 0.251 e. The van der Waals surface area contributed by atoms with Crippen LogP contribution in [0.4, 0.5) is 0 Å². The van der Waals surface area contributed by atoms with Crippen molar-refractivity contribution in [1.82, 2.24) is 5.32 Å². The van der Waals surface area contributed by atoms with Crippen LogP contribution in [0, 0.1) is 6.92 Å². The number of hydrogen-bond donors (Lipinski definition) is 1. The molecule has 4 heteroatoms. The number of ether oxygens (including phenoxy) is 2. The Morgan fingerprint density at radius 3 is 2.41 bits per heavy atom. The van der Waals surface area contributed by atoms with E-state index in [9.17, 15) is 4.79 Å². The first-order valence-electron chi connectivity index (χ1n) is 10.9. The Labute approximate surface area is 174 Å². The summed E-state index contributed by atoms with van der Waals surface area (Å²) in [6, 6.07) is 13.9. The molecule has 3 rings (SSSR count). The van der Waals surface area contributed by atoms with Crippen LogP contribution >= 0.6 is 0 Å². The summed E-state index contributed by atoms with van der Waals surface area (Å²) in [5.74, 6) is 1.61. The lowest BCUT2D eigenvalue weighted by molar-refractivity contribution is 0.0930. The van der Waals surface area contributed by atoms with E-state index in [4.69, 9.17) is 9.47 Å². The van der Waals surface area contributed by atoms with Crippen molar-refractivity contribution in [3.05, 3.63) is 59.2 Å². The SMILES string of the molecule is CCOc1ccc(C(=O)NC2CCCCCCC2)cc1COc1ccccc1C. The second-order valence-electron chi connectivity index (χ2n) is 7.83. The minimum absolute atomic E-state index is 0.00392. The number of benzene rings is 2. The number of hydrogen-bond acceptors (Lipinski definition) is 3. The Hall–Kier alpha value is -2.49. The molecular weight excluding hydrogens is 362 g/mol. The summed E-state index contributed by atoms with van der Waals surface area (Å²) in [7, 11) is 0. The van der Waals surface area contributed by atoms with Crippen LogP contribution in [0.5, 0.6) is 11.5 Å². The molecule has 0 bridgehead atoms. The molecule has 2 aromatic carbocycles. The zero-order valence-electron chi connectivity index (χ0n) is 17.7. The summed E-state index contributed by atoms with van der Waals surface area (Å²) in [6.45, 7) is 4.93. The van der Waals surface area contributed by atoms with Gasteiger partial charge in [-0.05, 0) is 56.5 Å². The van der Waals surface area contributed by atoms with Gasteiger partial charge in [-0.15, -0.1) is 0 Å². The van der Waals surface area contributed by atoms with Crippen LogP contribution in [-0.2, 0) is 6.61 Å². The standard InChI is InChI=1S/C25H33NO3/c1-3-28-24-16-15-20(25(27)26-22-12-7-5-4-6-8-13-22)17-21(24)18-29-23-14-10-9-11-19(23)2/h9-11,14-17,22H,3-8,12-13,18H2,1-2H3,(H,26,27). The van der Waals surface area contributed by atoms with Gasteiger partial charge >= 0.3 is 0 Å². The maximum atomic E-state index is 12.9. The van der Waals surface area contributed by atoms with Crippen molar-refractivity contribution >= 4 is 5.91 Å². The molecule has 2 aromatic rings. The molecule has 1 amide bonds. The van der Waals surface area contributed by atoms with E-state index in [1.165, 1.54) is 32.1 Å². The first kappa shape index (κ1) is 21.2. The highest BCUT2D eigenvalue weighted by molar-refractivity contribution is 5.94. The predicted octanol–water partition coefficient (Wildman–Crippen LogP) is 5.82. The molecule has 0 radical (unpaired) electrons. The molecule has 4 nitrogen and oxygen atoms in total. The van der Waals surface area contributed by atoms with Gasteiger partial charge in [0, 0.05) is 17.2 Å². The third-order valence-electron chi connectivity index (χ3n) is 5.54. The van der Waals surface area contributed by atoms with Crippen molar-refractivity contribution in [2.24, 2.45) is 0 Å². The zero-order valence-corrected chi connectivity index (χ0v) is 17.7. The van der Waals surface area contributed by atoms with Gasteiger partial charge in [0.2, 0.25) is 0 Å². The summed E-state index contributed by atoms with van der Waals surface area (Å²) < 4.78 is 11.8. The third kappa shape index (κ3) is 6.25. The summed E-state index contributed by atoms with van der Waals surface area (Å²) in [4.78, 5) is 12.9. The topological polar surface area (TPSA) is 47.6 Å².